The number of nitrogens with one attached hydrogen (secondary N) is 1. The number of halogens is 1. The quantitative estimate of drug-likeness (QED) is 0.296. The smallest absolute Gasteiger partial charge is 0.335 e. The largest absolute Gasteiger partial charge is 0.478 e. The van der Waals surface area contributed by atoms with E-state index >= 15 is 0 Å². The summed E-state index contributed by atoms with van der Waals surface area (Å²) in [6.45, 7) is 1.51. The molecule has 5 nitrogen and oxygen atoms in total. The molecule has 0 bridgehead atoms. The van der Waals surface area contributed by atoms with Crippen LogP contribution >= 0.6 is 11.6 Å². The van der Waals surface area contributed by atoms with E-state index in [-0.39, 0.29) is 17.5 Å². The van der Waals surface area contributed by atoms with Gasteiger partial charge < -0.3 is 10.4 Å². The SMILES string of the molecule is CC(=O)NC(CCc1ccc(C(=O)O)cc1)c1cccc(/C=C/c2ccc3ccc(Cl)cc3n2)c1. The lowest BCUT2D eigenvalue weighted by molar-refractivity contribution is -0.119. The highest BCUT2D eigenvalue weighted by atomic mass is 35.5. The van der Waals surface area contributed by atoms with Crippen molar-refractivity contribution in [3.8, 4) is 0 Å². The van der Waals surface area contributed by atoms with E-state index in [9.17, 15) is 9.59 Å². The first-order chi connectivity index (χ1) is 16.9. The minimum atomic E-state index is -0.944. The van der Waals surface area contributed by atoms with Crippen LogP contribution in [-0.2, 0) is 11.2 Å². The number of amides is 1. The highest BCUT2D eigenvalue weighted by Crippen LogP contribution is 2.23. The Morgan fingerprint density at radius 3 is 2.51 bits per heavy atom. The summed E-state index contributed by atoms with van der Waals surface area (Å²) in [4.78, 5) is 27.6. The number of carboxylic acids is 1. The van der Waals surface area contributed by atoms with Crippen LogP contribution in [0.3, 0.4) is 0 Å². The molecule has 35 heavy (non-hydrogen) atoms. The van der Waals surface area contributed by atoms with Crippen LogP contribution < -0.4 is 5.32 Å². The Kier molecular flexibility index (Phi) is 7.58. The summed E-state index contributed by atoms with van der Waals surface area (Å²) in [5.41, 5.74) is 4.95. The topological polar surface area (TPSA) is 79.3 Å². The second kappa shape index (κ2) is 11.0. The van der Waals surface area contributed by atoms with Gasteiger partial charge in [0.05, 0.1) is 22.8 Å². The van der Waals surface area contributed by atoms with Crippen molar-refractivity contribution in [2.75, 3.05) is 0 Å². The van der Waals surface area contributed by atoms with Gasteiger partial charge in [0.2, 0.25) is 5.91 Å². The minimum Gasteiger partial charge on any atom is -0.478 e. The van der Waals surface area contributed by atoms with E-state index in [4.69, 9.17) is 16.7 Å². The van der Waals surface area contributed by atoms with E-state index in [1.807, 2.05) is 72.8 Å². The zero-order valence-corrected chi connectivity index (χ0v) is 20.0. The van der Waals surface area contributed by atoms with Gasteiger partial charge in [-0.05, 0) is 72.0 Å². The Morgan fingerprint density at radius 2 is 1.77 bits per heavy atom. The van der Waals surface area contributed by atoms with Crippen molar-refractivity contribution in [2.24, 2.45) is 0 Å². The molecular formula is C29H25ClN2O3. The molecule has 2 N–H and O–H groups in total. The summed E-state index contributed by atoms with van der Waals surface area (Å²) in [6.07, 6.45) is 5.34. The van der Waals surface area contributed by atoms with Gasteiger partial charge >= 0.3 is 5.97 Å². The zero-order chi connectivity index (χ0) is 24.8. The first-order valence-corrected chi connectivity index (χ1v) is 11.7. The van der Waals surface area contributed by atoms with Crippen LogP contribution in [0.2, 0.25) is 5.02 Å². The maximum absolute atomic E-state index is 11.9. The molecule has 1 unspecified atom stereocenters. The molecule has 0 spiro atoms. The predicted molar refractivity (Wildman–Crippen MR) is 140 cm³/mol. The number of aromatic nitrogens is 1. The Labute approximate surface area is 209 Å². The van der Waals surface area contributed by atoms with E-state index in [0.29, 0.717) is 17.9 Å². The summed E-state index contributed by atoms with van der Waals surface area (Å²) >= 11 is 6.10. The van der Waals surface area contributed by atoms with Gasteiger partial charge in [0, 0.05) is 17.3 Å². The number of aromatic carboxylic acids is 1. The van der Waals surface area contributed by atoms with E-state index in [1.165, 1.54) is 6.92 Å². The van der Waals surface area contributed by atoms with Crippen LogP contribution in [0.1, 0.15) is 52.1 Å². The van der Waals surface area contributed by atoms with Crippen molar-refractivity contribution < 1.29 is 14.7 Å². The van der Waals surface area contributed by atoms with Gasteiger partial charge in [0.25, 0.3) is 0 Å². The summed E-state index contributed by atoms with van der Waals surface area (Å²) in [5, 5.41) is 13.8. The van der Waals surface area contributed by atoms with Crippen molar-refractivity contribution in [3.05, 3.63) is 112 Å². The highest BCUT2D eigenvalue weighted by Gasteiger charge is 2.13. The maximum atomic E-state index is 11.9. The highest BCUT2D eigenvalue weighted by molar-refractivity contribution is 6.31. The van der Waals surface area contributed by atoms with E-state index in [0.717, 1.165) is 33.3 Å². The summed E-state index contributed by atoms with van der Waals surface area (Å²) in [5.74, 6) is -1.04. The molecule has 1 heterocycles. The molecule has 0 aliphatic heterocycles. The zero-order valence-electron chi connectivity index (χ0n) is 19.2. The fourth-order valence-electron chi connectivity index (χ4n) is 3.95. The average molecular weight is 485 g/mol. The summed E-state index contributed by atoms with van der Waals surface area (Å²) in [6, 6.07) is 24.3. The summed E-state index contributed by atoms with van der Waals surface area (Å²) < 4.78 is 0. The third kappa shape index (κ3) is 6.55. The average Bonchev–Trinajstić information content (AvgIpc) is 2.85. The third-order valence-corrected chi connectivity index (χ3v) is 5.97. The number of carbonyl (C=O) groups is 2. The lowest BCUT2D eigenvalue weighted by atomic mass is 9.96. The second-order valence-corrected chi connectivity index (χ2v) is 8.81. The van der Waals surface area contributed by atoms with Crippen LogP contribution in [0.15, 0.2) is 78.9 Å². The van der Waals surface area contributed by atoms with Gasteiger partial charge in [-0.1, -0.05) is 60.1 Å². The van der Waals surface area contributed by atoms with Gasteiger partial charge in [-0.3, -0.25) is 4.79 Å². The second-order valence-electron chi connectivity index (χ2n) is 8.37. The number of nitrogens with zero attached hydrogens (tertiary/aromatic N) is 1. The van der Waals surface area contributed by atoms with Crippen LogP contribution in [-0.4, -0.2) is 22.0 Å². The van der Waals surface area contributed by atoms with Crippen LogP contribution in [0, 0.1) is 0 Å². The van der Waals surface area contributed by atoms with Crippen molar-refractivity contribution >= 4 is 46.5 Å². The Balaban J connectivity index is 1.50. The van der Waals surface area contributed by atoms with Gasteiger partial charge in [-0.25, -0.2) is 9.78 Å². The van der Waals surface area contributed by atoms with E-state index in [2.05, 4.69) is 16.4 Å². The number of fused-ring (bicyclic) bond motifs is 1. The molecule has 1 aromatic heterocycles. The molecule has 4 aromatic rings. The van der Waals surface area contributed by atoms with Crippen molar-refractivity contribution in [1.29, 1.82) is 0 Å². The van der Waals surface area contributed by atoms with Gasteiger partial charge in [-0.2, -0.15) is 0 Å². The lowest BCUT2D eigenvalue weighted by Crippen LogP contribution is -2.26. The molecule has 1 amide bonds. The fraction of sp³-hybridized carbons (Fsp3) is 0.138. The Bertz CT molecular complexity index is 1400. The number of aryl methyl sites for hydroxylation is 1. The number of benzene rings is 3. The molecule has 0 saturated heterocycles. The molecule has 0 fully saturated rings. The minimum absolute atomic E-state index is 0.101. The van der Waals surface area contributed by atoms with Gasteiger partial charge in [0.1, 0.15) is 0 Å². The molecule has 6 heteroatoms. The fourth-order valence-corrected chi connectivity index (χ4v) is 4.12. The predicted octanol–water partition coefficient (Wildman–Crippen LogP) is 6.57. The van der Waals surface area contributed by atoms with Crippen LogP contribution in [0.5, 0.6) is 0 Å². The maximum Gasteiger partial charge on any atom is 0.335 e. The monoisotopic (exact) mass is 484 g/mol. The van der Waals surface area contributed by atoms with Crippen molar-refractivity contribution in [3.63, 3.8) is 0 Å². The number of carboxylic acid groups (broad SMARTS) is 1. The molecule has 0 aliphatic carbocycles. The molecular weight excluding hydrogens is 460 g/mol. The molecule has 0 aliphatic rings. The molecule has 0 saturated carbocycles. The third-order valence-electron chi connectivity index (χ3n) is 5.74. The standard InChI is InChI=1S/C29H25ClN2O3/c1-19(33)31-27(16-8-20-5-9-23(10-6-20)29(34)35)24-4-2-3-21(17-24)7-14-26-15-12-22-11-13-25(30)18-28(22)32-26/h2-7,9-15,17-18,27H,8,16H2,1H3,(H,31,33)(H,34,35)/b14-7+. The number of rotatable bonds is 8. The molecule has 0 radical (unpaired) electrons. The molecule has 1 atom stereocenters. The number of hydrogen-bond acceptors (Lipinski definition) is 3. The number of hydrogen-bond donors (Lipinski definition) is 2. The normalized spacial score (nSPS) is 12.1. The van der Waals surface area contributed by atoms with Crippen molar-refractivity contribution in [2.45, 2.75) is 25.8 Å². The summed E-state index contributed by atoms with van der Waals surface area (Å²) in [7, 11) is 0. The Hall–Kier alpha value is -3.96. The van der Waals surface area contributed by atoms with Crippen molar-refractivity contribution in [1.82, 2.24) is 10.3 Å². The molecule has 3 aromatic carbocycles. The van der Waals surface area contributed by atoms with Crippen LogP contribution in [0.25, 0.3) is 23.1 Å². The van der Waals surface area contributed by atoms with Gasteiger partial charge in [0.15, 0.2) is 0 Å². The lowest BCUT2D eigenvalue weighted by Gasteiger charge is -2.19. The Morgan fingerprint density at radius 1 is 1.00 bits per heavy atom. The first kappa shape index (κ1) is 24.2. The van der Waals surface area contributed by atoms with E-state index < -0.39 is 5.97 Å². The first-order valence-electron chi connectivity index (χ1n) is 11.3. The van der Waals surface area contributed by atoms with Crippen LogP contribution in [0.4, 0.5) is 0 Å². The molecule has 176 valence electrons. The number of pyridine rings is 1. The van der Waals surface area contributed by atoms with E-state index in [1.54, 1.807) is 12.1 Å². The molecule has 4 rings (SSSR count). The van der Waals surface area contributed by atoms with Gasteiger partial charge in [-0.15, -0.1) is 0 Å². The number of carbonyl (C=O) groups excluding carboxylic acids is 1.